The summed E-state index contributed by atoms with van der Waals surface area (Å²) in [5.41, 5.74) is 4.29. The van der Waals surface area contributed by atoms with Gasteiger partial charge in [0.2, 0.25) is 0 Å². The number of rotatable bonds is 2. The molecule has 0 N–H and O–H groups in total. The molecule has 0 fully saturated rings. The number of fused-ring (bicyclic) bond motifs is 1. The molecule has 0 saturated heterocycles. The Kier molecular flexibility index (Phi) is 3.34. The molecule has 1 aromatic rings. The number of hydrogen-bond donors (Lipinski definition) is 0. The lowest BCUT2D eigenvalue weighted by Crippen LogP contribution is -2.27. The van der Waals surface area contributed by atoms with Crippen molar-refractivity contribution in [1.82, 2.24) is 0 Å². The van der Waals surface area contributed by atoms with Crippen LogP contribution in [0.25, 0.3) is 0 Å². The summed E-state index contributed by atoms with van der Waals surface area (Å²) in [6, 6.07) is 6.88. The average molecular weight is 218 g/mol. The molecule has 0 spiro atoms. The second-order valence-corrected chi connectivity index (χ2v) is 5.48. The van der Waals surface area contributed by atoms with Gasteiger partial charge in [-0.3, -0.25) is 0 Å². The normalized spacial score (nSPS) is 20.2. The summed E-state index contributed by atoms with van der Waals surface area (Å²) >= 11 is 0. The summed E-state index contributed by atoms with van der Waals surface area (Å²) in [6.07, 6.45) is 1.48. The maximum absolute atomic E-state index is 5.90. The smallest absolute Gasteiger partial charge is 0.0723 e. The Hall–Kier alpha value is -0.820. The van der Waals surface area contributed by atoms with E-state index in [1.54, 1.807) is 0 Å². The average Bonchev–Trinajstić information content (AvgIpc) is 2.27. The maximum Gasteiger partial charge on any atom is 0.0723 e. The zero-order valence-electron chi connectivity index (χ0n) is 10.8. The first-order chi connectivity index (χ1) is 7.58. The van der Waals surface area contributed by atoms with Crippen LogP contribution in [0.5, 0.6) is 0 Å². The molecule has 0 radical (unpaired) electrons. The quantitative estimate of drug-likeness (QED) is 0.731. The Labute approximate surface area is 98.8 Å². The van der Waals surface area contributed by atoms with Crippen LogP contribution in [-0.2, 0) is 17.8 Å². The summed E-state index contributed by atoms with van der Waals surface area (Å²) in [7, 11) is 0. The predicted molar refractivity (Wildman–Crippen MR) is 67.7 cm³/mol. The van der Waals surface area contributed by atoms with Gasteiger partial charge in [-0.05, 0) is 34.9 Å². The van der Waals surface area contributed by atoms with Crippen molar-refractivity contribution in [2.75, 3.05) is 0 Å². The lowest BCUT2D eigenvalue weighted by Gasteiger charge is -2.28. The van der Waals surface area contributed by atoms with E-state index in [0.29, 0.717) is 17.9 Å². The first-order valence-electron chi connectivity index (χ1n) is 6.31. The minimum absolute atomic E-state index is 0.400. The number of benzene rings is 1. The second kappa shape index (κ2) is 4.58. The Balaban J connectivity index is 2.22. The standard InChI is InChI=1S/C15H22O/c1-10(2)12-5-6-13-8-15(11(3)4)16-9-14(13)7-12/h5-7,10-11,15H,8-9H2,1-4H3. The summed E-state index contributed by atoms with van der Waals surface area (Å²) < 4.78 is 5.90. The third kappa shape index (κ3) is 2.30. The Morgan fingerprint density at radius 2 is 1.88 bits per heavy atom. The molecular formula is C15H22O. The molecule has 88 valence electrons. The van der Waals surface area contributed by atoms with Crippen molar-refractivity contribution in [1.29, 1.82) is 0 Å². The predicted octanol–water partition coefficient (Wildman–Crippen LogP) is 3.91. The maximum atomic E-state index is 5.90. The zero-order valence-corrected chi connectivity index (χ0v) is 10.8. The molecule has 1 nitrogen and oxygen atoms in total. The third-order valence-corrected chi connectivity index (χ3v) is 3.51. The molecular weight excluding hydrogens is 196 g/mol. The van der Waals surface area contributed by atoms with Gasteiger partial charge < -0.3 is 4.74 Å². The van der Waals surface area contributed by atoms with E-state index in [1.807, 2.05) is 0 Å². The minimum atomic E-state index is 0.400. The van der Waals surface area contributed by atoms with Gasteiger partial charge in [0.15, 0.2) is 0 Å². The van der Waals surface area contributed by atoms with Crippen molar-refractivity contribution >= 4 is 0 Å². The molecule has 1 heterocycles. The highest BCUT2D eigenvalue weighted by atomic mass is 16.5. The van der Waals surface area contributed by atoms with Crippen molar-refractivity contribution in [2.45, 2.75) is 52.7 Å². The van der Waals surface area contributed by atoms with E-state index in [4.69, 9.17) is 4.74 Å². The van der Waals surface area contributed by atoms with Crippen LogP contribution in [0.2, 0.25) is 0 Å². The van der Waals surface area contributed by atoms with Gasteiger partial charge in [-0.25, -0.2) is 0 Å². The van der Waals surface area contributed by atoms with Gasteiger partial charge in [0.1, 0.15) is 0 Å². The Morgan fingerprint density at radius 3 is 2.50 bits per heavy atom. The summed E-state index contributed by atoms with van der Waals surface area (Å²) in [6.45, 7) is 9.74. The largest absolute Gasteiger partial charge is 0.373 e. The second-order valence-electron chi connectivity index (χ2n) is 5.48. The van der Waals surface area contributed by atoms with Gasteiger partial charge in [0.25, 0.3) is 0 Å². The van der Waals surface area contributed by atoms with Crippen LogP contribution in [0.15, 0.2) is 18.2 Å². The fourth-order valence-corrected chi connectivity index (χ4v) is 2.24. The number of ether oxygens (including phenoxy) is 1. The first kappa shape index (κ1) is 11.7. The van der Waals surface area contributed by atoms with Crippen LogP contribution < -0.4 is 0 Å². The Bertz CT molecular complexity index is 366. The van der Waals surface area contributed by atoms with Crippen molar-refractivity contribution in [3.8, 4) is 0 Å². The van der Waals surface area contributed by atoms with Crippen molar-refractivity contribution < 1.29 is 4.74 Å². The van der Waals surface area contributed by atoms with Gasteiger partial charge in [-0.1, -0.05) is 45.9 Å². The summed E-state index contributed by atoms with van der Waals surface area (Å²) in [5.74, 6) is 1.21. The van der Waals surface area contributed by atoms with Crippen molar-refractivity contribution in [2.24, 2.45) is 5.92 Å². The molecule has 1 aliphatic heterocycles. The van der Waals surface area contributed by atoms with Gasteiger partial charge in [0.05, 0.1) is 12.7 Å². The molecule has 1 unspecified atom stereocenters. The van der Waals surface area contributed by atoms with E-state index in [0.717, 1.165) is 13.0 Å². The molecule has 0 aliphatic carbocycles. The van der Waals surface area contributed by atoms with E-state index < -0.39 is 0 Å². The van der Waals surface area contributed by atoms with Crippen molar-refractivity contribution in [3.63, 3.8) is 0 Å². The third-order valence-electron chi connectivity index (χ3n) is 3.51. The highest BCUT2D eigenvalue weighted by molar-refractivity contribution is 5.34. The highest BCUT2D eigenvalue weighted by Crippen LogP contribution is 2.27. The molecule has 0 saturated carbocycles. The number of hydrogen-bond acceptors (Lipinski definition) is 1. The van der Waals surface area contributed by atoms with Crippen molar-refractivity contribution in [3.05, 3.63) is 34.9 Å². The van der Waals surface area contributed by atoms with E-state index in [9.17, 15) is 0 Å². The van der Waals surface area contributed by atoms with Crippen LogP contribution >= 0.6 is 0 Å². The van der Waals surface area contributed by atoms with Crippen LogP contribution in [0.4, 0.5) is 0 Å². The van der Waals surface area contributed by atoms with Gasteiger partial charge in [-0.2, -0.15) is 0 Å². The first-order valence-corrected chi connectivity index (χ1v) is 6.31. The van der Waals surface area contributed by atoms with Gasteiger partial charge >= 0.3 is 0 Å². The molecule has 0 amide bonds. The molecule has 0 aromatic heterocycles. The molecule has 0 bridgehead atoms. The van der Waals surface area contributed by atoms with Gasteiger partial charge in [0, 0.05) is 0 Å². The lowest BCUT2D eigenvalue weighted by atomic mass is 9.90. The Morgan fingerprint density at radius 1 is 1.12 bits per heavy atom. The monoisotopic (exact) mass is 218 g/mol. The van der Waals surface area contributed by atoms with Crippen LogP contribution in [-0.4, -0.2) is 6.10 Å². The molecule has 1 aromatic carbocycles. The van der Waals surface area contributed by atoms with Crippen LogP contribution in [0, 0.1) is 5.92 Å². The summed E-state index contributed by atoms with van der Waals surface area (Å²) in [4.78, 5) is 0. The molecule has 1 aliphatic rings. The van der Waals surface area contributed by atoms with E-state index in [1.165, 1.54) is 16.7 Å². The van der Waals surface area contributed by atoms with E-state index in [-0.39, 0.29) is 0 Å². The molecule has 2 rings (SSSR count). The molecule has 16 heavy (non-hydrogen) atoms. The highest BCUT2D eigenvalue weighted by Gasteiger charge is 2.21. The topological polar surface area (TPSA) is 9.23 Å². The fourth-order valence-electron chi connectivity index (χ4n) is 2.24. The fraction of sp³-hybridized carbons (Fsp3) is 0.600. The lowest BCUT2D eigenvalue weighted by molar-refractivity contribution is -0.000330. The molecule has 1 heteroatoms. The minimum Gasteiger partial charge on any atom is -0.373 e. The van der Waals surface area contributed by atoms with Crippen LogP contribution in [0.1, 0.15) is 50.3 Å². The van der Waals surface area contributed by atoms with Gasteiger partial charge in [-0.15, -0.1) is 0 Å². The SMILES string of the molecule is CC(C)c1ccc2c(c1)COC(C(C)C)C2. The van der Waals surface area contributed by atoms with Crippen LogP contribution in [0.3, 0.4) is 0 Å². The molecule has 1 atom stereocenters. The van der Waals surface area contributed by atoms with E-state index >= 15 is 0 Å². The van der Waals surface area contributed by atoms with E-state index in [2.05, 4.69) is 45.9 Å². The summed E-state index contributed by atoms with van der Waals surface area (Å²) in [5, 5.41) is 0. The zero-order chi connectivity index (χ0) is 11.7.